The van der Waals surface area contributed by atoms with Crippen LogP contribution in [0.3, 0.4) is 0 Å². The number of nitrogens with zero attached hydrogens (tertiary/aromatic N) is 3. The van der Waals surface area contributed by atoms with Crippen molar-refractivity contribution in [2.45, 2.75) is 31.9 Å². The van der Waals surface area contributed by atoms with Crippen LogP contribution in [-0.4, -0.2) is 40.4 Å². The summed E-state index contributed by atoms with van der Waals surface area (Å²) in [6.45, 7) is 4.05. The number of amides is 1. The van der Waals surface area contributed by atoms with Gasteiger partial charge in [0, 0.05) is 24.2 Å². The van der Waals surface area contributed by atoms with E-state index in [9.17, 15) is 22.4 Å². The molecule has 3 aromatic rings. The number of hydrogen-bond donors (Lipinski definition) is 1. The highest BCUT2D eigenvalue weighted by molar-refractivity contribution is 6.29. The number of halogens is 5. The van der Waals surface area contributed by atoms with Crippen LogP contribution < -0.4 is 5.32 Å². The van der Waals surface area contributed by atoms with Crippen molar-refractivity contribution in [1.29, 1.82) is 0 Å². The third-order valence-electron chi connectivity index (χ3n) is 6.27. The van der Waals surface area contributed by atoms with Crippen molar-refractivity contribution in [3.8, 4) is 0 Å². The second-order valence-corrected chi connectivity index (χ2v) is 9.35. The van der Waals surface area contributed by atoms with Gasteiger partial charge in [0.05, 0.1) is 11.4 Å². The minimum absolute atomic E-state index is 0.0601. The average Bonchev–Trinajstić information content (AvgIpc) is 2.86. The van der Waals surface area contributed by atoms with Gasteiger partial charge in [-0.3, -0.25) is 9.69 Å². The van der Waals surface area contributed by atoms with Crippen molar-refractivity contribution in [3.05, 3.63) is 93.8 Å². The number of carbonyl (C=O) groups excluding carboxylic acids is 1. The van der Waals surface area contributed by atoms with Crippen molar-refractivity contribution in [1.82, 2.24) is 14.9 Å². The van der Waals surface area contributed by atoms with Gasteiger partial charge >= 0.3 is 6.18 Å². The number of aromatic nitrogens is 2. The first-order valence-corrected chi connectivity index (χ1v) is 12.1. The van der Waals surface area contributed by atoms with Gasteiger partial charge in [-0.1, -0.05) is 53.6 Å². The van der Waals surface area contributed by atoms with Gasteiger partial charge in [-0.15, -0.1) is 0 Å². The lowest BCUT2D eigenvalue weighted by Gasteiger charge is -2.32. The second kappa shape index (κ2) is 11.4. The summed E-state index contributed by atoms with van der Waals surface area (Å²) in [6.07, 6.45) is 1.57. The van der Waals surface area contributed by atoms with E-state index >= 15 is 0 Å². The Kier molecular flexibility index (Phi) is 8.24. The number of benzene rings is 1. The summed E-state index contributed by atoms with van der Waals surface area (Å²) in [5, 5.41) is 2.54. The number of aryl methyl sites for hydroxylation is 1. The van der Waals surface area contributed by atoms with E-state index in [4.69, 9.17) is 11.6 Å². The molecule has 4 rings (SSSR count). The highest BCUT2D eigenvalue weighted by atomic mass is 35.5. The third-order valence-corrected chi connectivity index (χ3v) is 6.48. The zero-order chi connectivity index (χ0) is 26.6. The Morgan fingerprint density at radius 3 is 2.51 bits per heavy atom. The van der Waals surface area contributed by atoms with Crippen molar-refractivity contribution in [2.24, 2.45) is 0 Å². The fraction of sp³-hybridized carbons (Fsp3) is 0.296. The first kappa shape index (κ1) is 26.8. The molecule has 0 aliphatic carbocycles. The van der Waals surface area contributed by atoms with Crippen LogP contribution in [0, 0.1) is 12.9 Å². The lowest BCUT2D eigenvalue weighted by atomic mass is 9.91. The lowest BCUT2D eigenvalue weighted by Crippen LogP contribution is -2.33. The Labute approximate surface area is 217 Å². The highest BCUT2D eigenvalue weighted by Crippen LogP contribution is 2.38. The number of pyridine rings is 2. The lowest BCUT2D eigenvalue weighted by molar-refractivity contribution is -0.140. The minimum Gasteiger partial charge on any atom is -0.320 e. The number of anilines is 1. The maximum Gasteiger partial charge on any atom is 0.420 e. The molecule has 0 bridgehead atoms. The van der Waals surface area contributed by atoms with E-state index in [2.05, 4.69) is 26.3 Å². The molecule has 0 spiro atoms. The van der Waals surface area contributed by atoms with E-state index in [1.54, 1.807) is 0 Å². The van der Waals surface area contributed by atoms with Crippen LogP contribution in [0.1, 0.15) is 51.5 Å². The molecule has 0 saturated carbocycles. The summed E-state index contributed by atoms with van der Waals surface area (Å²) in [6, 6.07) is 11.5. The zero-order valence-electron chi connectivity index (χ0n) is 20.0. The summed E-state index contributed by atoms with van der Waals surface area (Å²) in [5.74, 6) is -2.60. The van der Waals surface area contributed by atoms with Gasteiger partial charge < -0.3 is 5.32 Å². The molecule has 1 N–H and O–H groups in total. The summed E-state index contributed by atoms with van der Waals surface area (Å²) >= 11 is 5.83. The standard InChI is InChI=1S/C27H25ClF4N4O/c1-17-4-6-18(7-5-17)3-2-12-36-13-9-19(10-14-36)24-22(16-21(25(29)35-24)27(30,31)32)34-26(37)20-8-11-33-23(28)15-20/h2-8,11,15-16,19H,9-10,12-14H2,1H3,(H,34,37)/b3-2+. The molecule has 1 aliphatic heterocycles. The van der Waals surface area contributed by atoms with E-state index in [1.165, 1.54) is 23.9 Å². The normalized spacial score (nSPS) is 15.3. The predicted octanol–water partition coefficient (Wildman–Crippen LogP) is 6.74. The first-order chi connectivity index (χ1) is 17.6. The van der Waals surface area contributed by atoms with Crippen LogP contribution in [0.4, 0.5) is 23.2 Å². The molecule has 1 saturated heterocycles. The number of hydrogen-bond acceptors (Lipinski definition) is 4. The Bertz CT molecular complexity index is 1290. The van der Waals surface area contributed by atoms with Crippen LogP contribution in [0.25, 0.3) is 6.08 Å². The van der Waals surface area contributed by atoms with E-state index < -0.39 is 23.6 Å². The Morgan fingerprint density at radius 1 is 1.16 bits per heavy atom. The average molecular weight is 533 g/mol. The number of nitrogens with one attached hydrogen (secondary N) is 1. The summed E-state index contributed by atoms with van der Waals surface area (Å²) in [7, 11) is 0. The van der Waals surface area contributed by atoms with Gasteiger partial charge in [-0.2, -0.15) is 17.6 Å². The van der Waals surface area contributed by atoms with E-state index in [0.717, 1.165) is 5.56 Å². The van der Waals surface area contributed by atoms with Gasteiger partial charge in [0.15, 0.2) is 0 Å². The quantitative estimate of drug-likeness (QED) is 0.282. The van der Waals surface area contributed by atoms with Crippen LogP contribution in [-0.2, 0) is 6.18 Å². The first-order valence-electron chi connectivity index (χ1n) is 11.8. The fourth-order valence-corrected chi connectivity index (χ4v) is 4.43. The molecule has 0 atom stereocenters. The largest absolute Gasteiger partial charge is 0.420 e. The summed E-state index contributed by atoms with van der Waals surface area (Å²) < 4.78 is 54.6. The molecule has 10 heteroatoms. The topological polar surface area (TPSA) is 58.1 Å². The molecule has 0 radical (unpaired) electrons. The molecule has 37 heavy (non-hydrogen) atoms. The molecule has 1 aromatic carbocycles. The molecule has 1 fully saturated rings. The Balaban J connectivity index is 1.49. The number of carbonyl (C=O) groups is 1. The summed E-state index contributed by atoms with van der Waals surface area (Å²) in [5.41, 5.74) is 0.809. The molecular weight excluding hydrogens is 508 g/mol. The van der Waals surface area contributed by atoms with Gasteiger partial charge in [0.2, 0.25) is 5.95 Å². The molecular formula is C27H25ClF4N4O. The van der Waals surface area contributed by atoms with Crippen molar-refractivity contribution < 1.29 is 22.4 Å². The molecule has 5 nitrogen and oxygen atoms in total. The molecule has 2 aromatic heterocycles. The second-order valence-electron chi connectivity index (χ2n) is 8.97. The van der Waals surface area contributed by atoms with Gasteiger partial charge in [-0.25, -0.2) is 9.97 Å². The van der Waals surface area contributed by atoms with Crippen LogP contribution in [0.5, 0.6) is 0 Å². The van der Waals surface area contributed by atoms with Crippen molar-refractivity contribution >= 4 is 29.3 Å². The zero-order valence-corrected chi connectivity index (χ0v) is 20.8. The predicted molar refractivity (Wildman–Crippen MR) is 135 cm³/mol. The highest BCUT2D eigenvalue weighted by Gasteiger charge is 2.37. The molecule has 194 valence electrons. The Hall–Kier alpha value is -3.30. The smallest absolute Gasteiger partial charge is 0.320 e. The van der Waals surface area contributed by atoms with E-state index in [0.29, 0.717) is 38.5 Å². The number of piperidine rings is 1. The van der Waals surface area contributed by atoms with Crippen molar-refractivity contribution in [2.75, 3.05) is 25.0 Å². The van der Waals surface area contributed by atoms with Gasteiger partial charge in [0.1, 0.15) is 10.7 Å². The minimum atomic E-state index is -4.96. The SMILES string of the molecule is Cc1ccc(/C=C/CN2CCC(c3nc(F)c(C(F)(F)F)cc3NC(=O)c3ccnc(Cl)c3)CC2)cc1. The van der Waals surface area contributed by atoms with Crippen molar-refractivity contribution in [3.63, 3.8) is 0 Å². The van der Waals surface area contributed by atoms with Gasteiger partial charge in [-0.05, 0) is 56.6 Å². The molecule has 1 amide bonds. The van der Waals surface area contributed by atoms with Crippen LogP contribution in [0.15, 0.2) is 54.7 Å². The number of alkyl halides is 3. The maximum atomic E-state index is 14.4. The monoisotopic (exact) mass is 532 g/mol. The number of rotatable bonds is 6. The van der Waals surface area contributed by atoms with Crippen LogP contribution in [0.2, 0.25) is 5.15 Å². The maximum absolute atomic E-state index is 14.4. The molecule has 1 aliphatic rings. The van der Waals surface area contributed by atoms with Gasteiger partial charge in [0.25, 0.3) is 5.91 Å². The number of likely N-dealkylation sites (tertiary alicyclic amines) is 1. The Morgan fingerprint density at radius 2 is 1.86 bits per heavy atom. The molecule has 0 unspecified atom stereocenters. The third kappa shape index (κ3) is 6.93. The van der Waals surface area contributed by atoms with Crippen LogP contribution >= 0.6 is 11.6 Å². The fourth-order valence-electron chi connectivity index (χ4n) is 4.26. The van der Waals surface area contributed by atoms with E-state index in [-0.39, 0.29) is 28.0 Å². The molecule has 3 heterocycles. The van der Waals surface area contributed by atoms with E-state index in [1.807, 2.05) is 37.3 Å². The summed E-state index contributed by atoms with van der Waals surface area (Å²) in [4.78, 5) is 22.4.